The molecule has 18 heavy (non-hydrogen) atoms. The van der Waals surface area contributed by atoms with Crippen LogP contribution in [-0.4, -0.2) is 17.8 Å². The minimum atomic E-state index is -0.293. The number of carbonyl (C=O) groups excluding carboxylic acids is 1. The Kier molecular flexibility index (Phi) is 4.38. The van der Waals surface area contributed by atoms with Gasteiger partial charge in [-0.3, -0.25) is 4.79 Å². The van der Waals surface area contributed by atoms with Crippen LogP contribution >= 0.6 is 15.9 Å². The summed E-state index contributed by atoms with van der Waals surface area (Å²) in [6.07, 6.45) is 3.74. The summed E-state index contributed by atoms with van der Waals surface area (Å²) in [5.41, 5.74) is 1.04. The van der Waals surface area contributed by atoms with E-state index < -0.39 is 0 Å². The van der Waals surface area contributed by atoms with E-state index in [4.69, 9.17) is 0 Å². The van der Waals surface area contributed by atoms with Crippen LogP contribution in [0.1, 0.15) is 24.8 Å². The first-order valence-corrected chi connectivity index (χ1v) is 7.33. The van der Waals surface area contributed by atoms with Gasteiger partial charge in [0.15, 0.2) is 0 Å². The molecule has 0 aromatic heterocycles. The summed E-state index contributed by atoms with van der Waals surface area (Å²) in [6, 6.07) is 6.20. The van der Waals surface area contributed by atoms with E-state index in [2.05, 4.69) is 21.2 Å². The summed E-state index contributed by atoms with van der Waals surface area (Å²) in [5, 5.41) is 3.93. The fraction of sp³-hybridized carbons (Fsp3) is 0.500. The van der Waals surface area contributed by atoms with Gasteiger partial charge in [0, 0.05) is 11.9 Å². The molecule has 4 heteroatoms. The number of hydrogen-bond donors (Lipinski definition) is 1. The van der Waals surface area contributed by atoms with Crippen LogP contribution in [0.25, 0.3) is 0 Å². The van der Waals surface area contributed by atoms with E-state index in [9.17, 15) is 9.18 Å². The maximum absolute atomic E-state index is 13.0. The second-order valence-electron chi connectivity index (χ2n) is 5.02. The van der Waals surface area contributed by atoms with E-state index in [0.29, 0.717) is 5.41 Å². The van der Waals surface area contributed by atoms with Crippen LogP contribution in [-0.2, 0) is 11.2 Å². The molecule has 0 radical (unpaired) electrons. The number of carbonyl (C=O) groups is 1. The first-order chi connectivity index (χ1) is 8.63. The van der Waals surface area contributed by atoms with Gasteiger partial charge >= 0.3 is 0 Å². The molecular formula is C14H17BrFNO. The van der Waals surface area contributed by atoms with Gasteiger partial charge in [0.05, 0.1) is 6.42 Å². The number of benzene rings is 1. The second-order valence-corrected chi connectivity index (χ2v) is 5.82. The Bertz CT molecular complexity index is 432. The summed E-state index contributed by atoms with van der Waals surface area (Å²) in [4.78, 5) is 11.8. The highest BCUT2D eigenvalue weighted by atomic mass is 79.9. The number of alkyl halides is 1. The zero-order valence-electron chi connectivity index (χ0n) is 10.2. The lowest BCUT2D eigenvalue weighted by Gasteiger charge is -2.14. The van der Waals surface area contributed by atoms with Gasteiger partial charge in [-0.05, 0) is 42.4 Å². The summed E-state index contributed by atoms with van der Waals surface area (Å²) in [5.74, 6) is -0.320. The van der Waals surface area contributed by atoms with Crippen molar-refractivity contribution < 1.29 is 9.18 Å². The van der Waals surface area contributed by atoms with Crippen LogP contribution in [0.2, 0.25) is 0 Å². The van der Waals surface area contributed by atoms with E-state index in [0.717, 1.165) is 23.9 Å². The Labute approximate surface area is 115 Å². The third-order valence-corrected chi connectivity index (χ3v) is 3.89. The molecule has 1 fully saturated rings. The third kappa shape index (κ3) is 3.80. The van der Waals surface area contributed by atoms with Crippen LogP contribution < -0.4 is 5.32 Å². The Morgan fingerprint density at radius 2 is 2.22 bits per heavy atom. The van der Waals surface area contributed by atoms with Crippen molar-refractivity contribution in [2.75, 3.05) is 11.9 Å². The normalized spacial score (nSPS) is 16.3. The number of hydrogen-bond acceptors (Lipinski definition) is 1. The van der Waals surface area contributed by atoms with Crippen molar-refractivity contribution in [3.05, 3.63) is 35.6 Å². The quantitative estimate of drug-likeness (QED) is 0.804. The molecule has 1 amide bonds. The summed E-state index contributed by atoms with van der Waals surface area (Å²) in [6.45, 7) is 0.743. The van der Waals surface area contributed by atoms with Crippen molar-refractivity contribution in [1.82, 2.24) is 5.32 Å². The maximum Gasteiger partial charge on any atom is 0.224 e. The Balaban J connectivity index is 1.79. The van der Waals surface area contributed by atoms with Crippen molar-refractivity contribution in [3.63, 3.8) is 0 Å². The van der Waals surface area contributed by atoms with Gasteiger partial charge in [-0.2, -0.15) is 0 Å². The molecular weight excluding hydrogens is 297 g/mol. The van der Waals surface area contributed by atoms with Gasteiger partial charge in [0.25, 0.3) is 0 Å². The van der Waals surface area contributed by atoms with E-state index >= 15 is 0 Å². The lowest BCUT2D eigenvalue weighted by atomic mass is 10.0. The molecule has 0 unspecified atom stereocenters. The fourth-order valence-electron chi connectivity index (χ4n) is 2.07. The van der Waals surface area contributed by atoms with Gasteiger partial charge in [-0.25, -0.2) is 4.39 Å². The van der Waals surface area contributed by atoms with Gasteiger partial charge < -0.3 is 5.32 Å². The minimum Gasteiger partial charge on any atom is -0.355 e. The first kappa shape index (κ1) is 13.5. The van der Waals surface area contributed by atoms with E-state index in [1.54, 1.807) is 12.1 Å². The highest BCUT2D eigenvalue weighted by molar-refractivity contribution is 9.09. The van der Waals surface area contributed by atoms with E-state index in [1.165, 1.54) is 25.0 Å². The molecule has 1 saturated carbocycles. The van der Waals surface area contributed by atoms with E-state index in [1.807, 2.05) is 0 Å². The summed E-state index contributed by atoms with van der Waals surface area (Å²) >= 11 is 3.44. The van der Waals surface area contributed by atoms with Crippen LogP contribution in [0, 0.1) is 11.2 Å². The molecule has 2 rings (SSSR count). The monoisotopic (exact) mass is 313 g/mol. The highest BCUT2D eigenvalue weighted by Gasteiger charge is 2.41. The van der Waals surface area contributed by atoms with Crippen molar-refractivity contribution in [1.29, 1.82) is 0 Å². The topological polar surface area (TPSA) is 29.1 Å². The predicted molar refractivity (Wildman–Crippen MR) is 73.2 cm³/mol. The molecule has 0 saturated heterocycles. The highest BCUT2D eigenvalue weighted by Crippen LogP contribution is 2.48. The van der Waals surface area contributed by atoms with Gasteiger partial charge in [0.2, 0.25) is 5.91 Å². The van der Waals surface area contributed by atoms with Crippen molar-refractivity contribution in [3.8, 4) is 0 Å². The summed E-state index contributed by atoms with van der Waals surface area (Å²) < 4.78 is 13.0. The Hall–Kier alpha value is -0.900. The molecule has 1 aromatic rings. The lowest BCUT2D eigenvalue weighted by molar-refractivity contribution is -0.120. The van der Waals surface area contributed by atoms with E-state index in [-0.39, 0.29) is 18.1 Å². The van der Waals surface area contributed by atoms with Gasteiger partial charge in [0.1, 0.15) is 5.82 Å². The van der Waals surface area contributed by atoms with Crippen LogP contribution in [0.15, 0.2) is 24.3 Å². The molecule has 1 N–H and O–H groups in total. The molecule has 0 heterocycles. The standard InChI is InChI=1S/C14H17BrFNO/c15-7-6-14(4-5-14)10-17-13(18)9-11-2-1-3-12(16)8-11/h1-3,8H,4-7,9-10H2,(H,17,18). The average Bonchev–Trinajstić information content (AvgIpc) is 3.08. The van der Waals surface area contributed by atoms with Crippen LogP contribution in [0.4, 0.5) is 4.39 Å². The molecule has 1 aliphatic rings. The van der Waals surface area contributed by atoms with Crippen molar-refractivity contribution in [2.45, 2.75) is 25.7 Å². The molecule has 1 aromatic carbocycles. The molecule has 0 bridgehead atoms. The molecule has 1 aliphatic carbocycles. The van der Waals surface area contributed by atoms with Crippen molar-refractivity contribution in [2.24, 2.45) is 5.41 Å². The fourth-order valence-corrected chi connectivity index (χ4v) is 2.91. The smallest absolute Gasteiger partial charge is 0.224 e. The first-order valence-electron chi connectivity index (χ1n) is 6.21. The molecule has 0 spiro atoms. The minimum absolute atomic E-state index is 0.0264. The molecule has 0 aliphatic heterocycles. The average molecular weight is 314 g/mol. The number of nitrogens with one attached hydrogen (secondary N) is 1. The second kappa shape index (κ2) is 5.83. The number of rotatable bonds is 6. The maximum atomic E-state index is 13.0. The Morgan fingerprint density at radius 3 is 2.83 bits per heavy atom. The molecule has 98 valence electrons. The SMILES string of the molecule is O=C(Cc1cccc(F)c1)NCC1(CCBr)CC1. The number of amides is 1. The largest absolute Gasteiger partial charge is 0.355 e. The predicted octanol–water partition coefficient (Wildman–Crippen LogP) is 3.05. The summed E-state index contributed by atoms with van der Waals surface area (Å²) in [7, 11) is 0. The van der Waals surface area contributed by atoms with Crippen LogP contribution in [0.3, 0.4) is 0 Å². The molecule has 2 nitrogen and oxygen atoms in total. The lowest BCUT2D eigenvalue weighted by Crippen LogP contribution is -2.31. The number of halogens is 2. The van der Waals surface area contributed by atoms with Gasteiger partial charge in [-0.1, -0.05) is 28.1 Å². The van der Waals surface area contributed by atoms with Crippen LogP contribution in [0.5, 0.6) is 0 Å². The zero-order chi connectivity index (χ0) is 13.0. The third-order valence-electron chi connectivity index (χ3n) is 3.50. The van der Waals surface area contributed by atoms with Crippen molar-refractivity contribution >= 4 is 21.8 Å². The molecule has 0 atom stereocenters. The zero-order valence-corrected chi connectivity index (χ0v) is 11.8. The van der Waals surface area contributed by atoms with Gasteiger partial charge in [-0.15, -0.1) is 0 Å². The Morgan fingerprint density at radius 1 is 1.44 bits per heavy atom.